The van der Waals surface area contributed by atoms with Gasteiger partial charge in [0, 0.05) is 19.3 Å². The first-order chi connectivity index (χ1) is 13.4. The van der Waals surface area contributed by atoms with E-state index >= 15 is 0 Å². The first-order valence-electron chi connectivity index (χ1n) is 10.2. The van der Waals surface area contributed by atoms with Crippen LogP contribution >= 0.6 is 0 Å². The van der Waals surface area contributed by atoms with Crippen LogP contribution in [0.2, 0.25) is 0 Å². The molecule has 1 aromatic rings. The first kappa shape index (κ1) is 21.1. The quantitative estimate of drug-likeness (QED) is 0.657. The number of carbonyl (C=O) groups excluding carboxylic acids is 1. The maximum atomic E-state index is 11.9. The molecule has 6 nitrogen and oxygen atoms in total. The molecule has 3 rings (SSSR count). The highest BCUT2D eigenvalue weighted by Gasteiger charge is 2.44. The zero-order valence-corrected chi connectivity index (χ0v) is 17.6. The van der Waals surface area contributed by atoms with E-state index in [1.54, 1.807) is 12.1 Å². The standard InChI is InChI=1S/C21H31NO5S/c1-3-12-27-21(23)22-10-8-17(9-11-22)20-13-18(20)15-26-14-16-4-6-19(7-5-16)28(2,24)25/h4-7,17-18,20H,3,8-15H2,1-2H3. The molecule has 1 amide bonds. The van der Waals surface area contributed by atoms with E-state index in [2.05, 4.69) is 0 Å². The van der Waals surface area contributed by atoms with Gasteiger partial charge >= 0.3 is 6.09 Å². The van der Waals surface area contributed by atoms with Crippen molar-refractivity contribution in [2.75, 3.05) is 32.6 Å². The Balaban J connectivity index is 1.34. The molecule has 2 atom stereocenters. The van der Waals surface area contributed by atoms with Gasteiger partial charge in [-0.05, 0) is 61.1 Å². The lowest BCUT2D eigenvalue weighted by molar-refractivity contribution is 0.0802. The number of nitrogens with zero attached hydrogens (tertiary/aromatic N) is 1. The lowest BCUT2D eigenvalue weighted by Crippen LogP contribution is -2.39. The SMILES string of the molecule is CCCOC(=O)N1CCC(C2CC2COCc2ccc(S(C)(=O)=O)cc2)CC1. The second-order valence-electron chi connectivity index (χ2n) is 8.03. The van der Waals surface area contributed by atoms with E-state index in [1.165, 1.54) is 12.7 Å². The number of carbonyl (C=O) groups is 1. The summed E-state index contributed by atoms with van der Waals surface area (Å²) in [6, 6.07) is 6.89. The zero-order valence-electron chi connectivity index (χ0n) is 16.8. The fourth-order valence-electron chi connectivity index (χ4n) is 3.99. The number of ether oxygens (including phenoxy) is 2. The predicted octanol–water partition coefficient (Wildman–Crippen LogP) is 3.50. The summed E-state index contributed by atoms with van der Waals surface area (Å²) in [6.45, 7) is 5.34. The van der Waals surface area contributed by atoms with E-state index in [-0.39, 0.29) is 6.09 Å². The molecular formula is C21H31NO5S. The summed E-state index contributed by atoms with van der Waals surface area (Å²) in [5.41, 5.74) is 0.989. The van der Waals surface area contributed by atoms with Crippen LogP contribution in [0.1, 0.15) is 38.2 Å². The third-order valence-corrected chi connectivity index (χ3v) is 6.89. The van der Waals surface area contributed by atoms with Crippen LogP contribution < -0.4 is 0 Å². The summed E-state index contributed by atoms with van der Waals surface area (Å²) in [5, 5.41) is 0. The van der Waals surface area contributed by atoms with Crippen LogP contribution in [0.25, 0.3) is 0 Å². The third kappa shape index (κ3) is 5.70. The minimum absolute atomic E-state index is 0.169. The van der Waals surface area contributed by atoms with E-state index in [1.807, 2.05) is 24.0 Å². The minimum atomic E-state index is -3.15. The number of sulfone groups is 1. The van der Waals surface area contributed by atoms with Gasteiger partial charge in [-0.3, -0.25) is 0 Å². The zero-order chi connectivity index (χ0) is 20.1. The molecule has 1 saturated carbocycles. The maximum absolute atomic E-state index is 11.9. The van der Waals surface area contributed by atoms with E-state index in [0.717, 1.165) is 44.5 Å². The van der Waals surface area contributed by atoms with Crippen molar-refractivity contribution in [1.29, 1.82) is 0 Å². The number of benzene rings is 1. The van der Waals surface area contributed by atoms with Crippen molar-refractivity contribution in [3.63, 3.8) is 0 Å². The van der Waals surface area contributed by atoms with Gasteiger partial charge in [0.05, 0.1) is 24.7 Å². The summed E-state index contributed by atoms with van der Waals surface area (Å²) in [7, 11) is -3.15. The van der Waals surface area contributed by atoms with Gasteiger partial charge < -0.3 is 14.4 Å². The van der Waals surface area contributed by atoms with Crippen LogP contribution in [0.3, 0.4) is 0 Å². The molecule has 0 N–H and O–H groups in total. The molecule has 2 fully saturated rings. The van der Waals surface area contributed by atoms with Crippen LogP contribution in [-0.4, -0.2) is 52.0 Å². The lowest BCUT2D eigenvalue weighted by Gasteiger charge is -2.31. The molecule has 1 aliphatic carbocycles. The van der Waals surface area contributed by atoms with E-state index < -0.39 is 9.84 Å². The first-order valence-corrected chi connectivity index (χ1v) is 12.1. The van der Waals surface area contributed by atoms with Crippen molar-refractivity contribution in [3.05, 3.63) is 29.8 Å². The van der Waals surface area contributed by atoms with Gasteiger partial charge in [0.1, 0.15) is 0 Å². The molecule has 1 aromatic carbocycles. The Hall–Kier alpha value is -1.60. The maximum Gasteiger partial charge on any atom is 0.409 e. The van der Waals surface area contributed by atoms with Crippen LogP contribution in [0.15, 0.2) is 29.2 Å². The number of piperidine rings is 1. The molecule has 28 heavy (non-hydrogen) atoms. The Morgan fingerprint density at radius 3 is 2.46 bits per heavy atom. The normalized spacial score (nSPS) is 22.9. The fraction of sp³-hybridized carbons (Fsp3) is 0.667. The summed E-state index contributed by atoms with van der Waals surface area (Å²) in [6.07, 6.45) is 5.21. The van der Waals surface area contributed by atoms with Gasteiger partial charge in [-0.1, -0.05) is 19.1 Å². The third-order valence-electron chi connectivity index (χ3n) is 5.76. The minimum Gasteiger partial charge on any atom is -0.449 e. The second-order valence-corrected chi connectivity index (χ2v) is 10.0. The van der Waals surface area contributed by atoms with Crippen molar-refractivity contribution in [3.8, 4) is 0 Å². The number of rotatable bonds is 8. The van der Waals surface area contributed by atoms with E-state index in [4.69, 9.17) is 9.47 Å². The molecule has 2 unspecified atom stereocenters. The molecule has 156 valence electrons. The number of likely N-dealkylation sites (tertiary alicyclic amines) is 1. The monoisotopic (exact) mass is 409 g/mol. The molecule has 1 heterocycles. The Kier molecular flexibility index (Phi) is 6.99. The van der Waals surface area contributed by atoms with E-state index in [9.17, 15) is 13.2 Å². The van der Waals surface area contributed by atoms with Crippen molar-refractivity contribution >= 4 is 15.9 Å². The summed E-state index contributed by atoms with van der Waals surface area (Å²) < 4.78 is 34.1. The second kappa shape index (κ2) is 9.27. The summed E-state index contributed by atoms with van der Waals surface area (Å²) in [4.78, 5) is 14.1. The van der Waals surface area contributed by atoms with Crippen LogP contribution in [-0.2, 0) is 25.9 Å². The fourth-order valence-corrected chi connectivity index (χ4v) is 4.62. The Morgan fingerprint density at radius 1 is 1.18 bits per heavy atom. The van der Waals surface area contributed by atoms with Crippen molar-refractivity contribution in [1.82, 2.24) is 4.90 Å². The highest BCUT2D eigenvalue weighted by Crippen LogP contribution is 2.48. The summed E-state index contributed by atoms with van der Waals surface area (Å²) >= 11 is 0. The largest absolute Gasteiger partial charge is 0.449 e. The topological polar surface area (TPSA) is 72.9 Å². The van der Waals surface area contributed by atoms with Gasteiger partial charge in [-0.2, -0.15) is 0 Å². The van der Waals surface area contributed by atoms with Gasteiger partial charge in [-0.25, -0.2) is 13.2 Å². The Morgan fingerprint density at radius 2 is 1.86 bits per heavy atom. The van der Waals surface area contributed by atoms with Gasteiger partial charge in [0.15, 0.2) is 9.84 Å². The number of hydrogen-bond donors (Lipinski definition) is 0. The molecule has 0 bridgehead atoms. The van der Waals surface area contributed by atoms with Crippen molar-refractivity contribution in [2.24, 2.45) is 17.8 Å². The molecule has 0 radical (unpaired) electrons. The van der Waals surface area contributed by atoms with Crippen LogP contribution in [0, 0.1) is 17.8 Å². The summed E-state index contributed by atoms with van der Waals surface area (Å²) in [5.74, 6) is 2.00. The van der Waals surface area contributed by atoms with Crippen molar-refractivity contribution < 1.29 is 22.7 Å². The molecule has 1 aliphatic heterocycles. The highest BCUT2D eigenvalue weighted by atomic mass is 32.2. The average molecular weight is 410 g/mol. The molecular weight excluding hydrogens is 378 g/mol. The number of hydrogen-bond acceptors (Lipinski definition) is 5. The Bertz CT molecular complexity index is 754. The van der Waals surface area contributed by atoms with Crippen LogP contribution in [0.5, 0.6) is 0 Å². The van der Waals surface area contributed by atoms with E-state index in [0.29, 0.717) is 35.9 Å². The molecule has 0 spiro atoms. The highest BCUT2D eigenvalue weighted by molar-refractivity contribution is 7.90. The lowest BCUT2D eigenvalue weighted by atomic mass is 9.91. The van der Waals surface area contributed by atoms with Gasteiger partial charge in [-0.15, -0.1) is 0 Å². The molecule has 2 aliphatic rings. The molecule has 1 saturated heterocycles. The van der Waals surface area contributed by atoms with Gasteiger partial charge in [0.2, 0.25) is 0 Å². The van der Waals surface area contributed by atoms with Crippen LogP contribution in [0.4, 0.5) is 4.79 Å². The molecule has 7 heteroatoms. The molecule has 0 aromatic heterocycles. The average Bonchev–Trinajstić information content (AvgIpc) is 3.45. The Labute approximate surface area is 168 Å². The number of amides is 1. The smallest absolute Gasteiger partial charge is 0.409 e. The van der Waals surface area contributed by atoms with Crippen molar-refractivity contribution in [2.45, 2.75) is 44.1 Å². The predicted molar refractivity (Wildman–Crippen MR) is 107 cm³/mol. The van der Waals surface area contributed by atoms with Gasteiger partial charge in [0.25, 0.3) is 0 Å².